The van der Waals surface area contributed by atoms with Crippen molar-refractivity contribution in [2.75, 3.05) is 32.7 Å². The van der Waals surface area contributed by atoms with Crippen LogP contribution in [-0.2, 0) is 4.74 Å². The van der Waals surface area contributed by atoms with Gasteiger partial charge in [0, 0.05) is 20.2 Å². The van der Waals surface area contributed by atoms with Gasteiger partial charge in [-0.3, -0.25) is 0 Å². The lowest BCUT2D eigenvalue weighted by Gasteiger charge is -2.07. The van der Waals surface area contributed by atoms with Gasteiger partial charge in [-0.25, -0.2) is 4.39 Å². The third-order valence-electron chi connectivity index (χ3n) is 1.76. The van der Waals surface area contributed by atoms with E-state index in [4.69, 9.17) is 9.47 Å². The van der Waals surface area contributed by atoms with Gasteiger partial charge in [0.05, 0.1) is 12.3 Å². The third-order valence-corrected chi connectivity index (χ3v) is 1.76. The van der Waals surface area contributed by atoms with Gasteiger partial charge in [0.15, 0.2) is 0 Å². The summed E-state index contributed by atoms with van der Waals surface area (Å²) in [5, 5.41) is 2.74. The first-order valence-electron chi connectivity index (χ1n) is 4.37. The van der Waals surface area contributed by atoms with E-state index in [1.165, 1.54) is 6.07 Å². The molecule has 0 bridgehead atoms. The minimum absolute atomic E-state index is 0.286. The van der Waals surface area contributed by atoms with Crippen molar-refractivity contribution in [3.63, 3.8) is 0 Å². The van der Waals surface area contributed by atoms with Crippen molar-refractivity contribution >= 4 is 5.69 Å². The zero-order valence-corrected chi connectivity index (χ0v) is 8.34. The largest absolute Gasteiger partial charge is 0.491 e. The number of benzene rings is 1. The van der Waals surface area contributed by atoms with Crippen LogP contribution in [0.2, 0.25) is 0 Å². The van der Waals surface area contributed by atoms with Gasteiger partial charge >= 0.3 is 0 Å². The van der Waals surface area contributed by atoms with E-state index in [-0.39, 0.29) is 5.82 Å². The molecule has 1 N–H and O–H groups in total. The van der Waals surface area contributed by atoms with Crippen molar-refractivity contribution in [1.82, 2.24) is 0 Å². The summed E-state index contributed by atoms with van der Waals surface area (Å²) in [5.41, 5.74) is 0.430. The summed E-state index contributed by atoms with van der Waals surface area (Å²) in [4.78, 5) is 0. The highest BCUT2D eigenvalue weighted by Crippen LogP contribution is 2.20. The van der Waals surface area contributed by atoms with Crippen LogP contribution in [0.5, 0.6) is 5.75 Å². The summed E-state index contributed by atoms with van der Waals surface area (Å²) >= 11 is 0. The zero-order valence-electron chi connectivity index (χ0n) is 8.34. The van der Waals surface area contributed by atoms with Crippen molar-refractivity contribution < 1.29 is 13.9 Å². The van der Waals surface area contributed by atoms with Gasteiger partial charge in [0.25, 0.3) is 0 Å². The lowest BCUT2D eigenvalue weighted by atomic mass is 10.3. The molecular formula is C10H14FNO2. The number of rotatable bonds is 5. The van der Waals surface area contributed by atoms with E-state index in [0.717, 1.165) is 0 Å². The zero-order chi connectivity index (χ0) is 10.4. The predicted octanol–water partition coefficient (Wildman–Crippen LogP) is 1.89. The molecule has 14 heavy (non-hydrogen) atoms. The highest BCUT2D eigenvalue weighted by molar-refractivity contribution is 5.48. The van der Waals surface area contributed by atoms with Crippen molar-refractivity contribution in [2.24, 2.45) is 0 Å². The quantitative estimate of drug-likeness (QED) is 0.734. The first kappa shape index (κ1) is 10.8. The molecule has 4 heteroatoms. The Kier molecular flexibility index (Phi) is 4.19. The standard InChI is InChI=1S/C10H14FNO2/c1-12-10-7-8(3-4-9(10)11)14-6-5-13-2/h3-4,7,12H,5-6H2,1-2H3. The highest BCUT2D eigenvalue weighted by atomic mass is 19.1. The van der Waals surface area contributed by atoms with Crippen molar-refractivity contribution in [3.05, 3.63) is 24.0 Å². The van der Waals surface area contributed by atoms with Crippen LogP contribution >= 0.6 is 0 Å². The first-order valence-corrected chi connectivity index (χ1v) is 4.37. The van der Waals surface area contributed by atoms with Crippen molar-refractivity contribution in [3.8, 4) is 5.75 Å². The maximum absolute atomic E-state index is 13.0. The molecule has 0 spiro atoms. The molecule has 1 aromatic rings. The van der Waals surface area contributed by atoms with Gasteiger partial charge in [-0.1, -0.05) is 0 Å². The summed E-state index contributed by atoms with van der Waals surface area (Å²) in [6.45, 7) is 0.984. The summed E-state index contributed by atoms with van der Waals surface area (Å²) in [7, 11) is 3.27. The molecule has 1 rings (SSSR count). The average molecular weight is 199 g/mol. The maximum Gasteiger partial charge on any atom is 0.146 e. The van der Waals surface area contributed by atoms with Gasteiger partial charge in [-0.2, -0.15) is 0 Å². The number of nitrogens with one attached hydrogen (secondary N) is 1. The van der Waals surface area contributed by atoms with Crippen LogP contribution in [0.15, 0.2) is 18.2 Å². The van der Waals surface area contributed by atoms with Crippen LogP contribution in [0.25, 0.3) is 0 Å². The molecule has 0 heterocycles. The molecule has 0 amide bonds. The van der Waals surface area contributed by atoms with E-state index in [2.05, 4.69) is 5.32 Å². The van der Waals surface area contributed by atoms with Gasteiger partial charge in [-0.15, -0.1) is 0 Å². The fourth-order valence-electron chi connectivity index (χ4n) is 1.03. The normalized spacial score (nSPS) is 9.93. The lowest BCUT2D eigenvalue weighted by Crippen LogP contribution is -2.04. The van der Waals surface area contributed by atoms with Crippen LogP contribution in [0.1, 0.15) is 0 Å². The predicted molar refractivity (Wildman–Crippen MR) is 53.3 cm³/mol. The second kappa shape index (κ2) is 5.44. The Hall–Kier alpha value is -1.29. The van der Waals surface area contributed by atoms with Gasteiger partial charge < -0.3 is 14.8 Å². The molecule has 0 saturated carbocycles. The Morgan fingerprint density at radius 3 is 2.79 bits per heavy atom. The monoisotopic (exact) mass is 199 g/mol. The number of halogens is 1. The van der Waals surface area contributed by atoms with E-state index < -0.39 is 0 Å². The summed E-state index contributed by atoms with van der Waals surface area (Å²) in [6.07, 6.45) is 0. The molecule has 0 aliphatic rings. The molecule has 3 nitrogen and oxygen atoms in total. The Bertz CT molecular complexity index is 291. The van der Waals surface area contributed by atoms with Crippen LogP contribution in [0, 0.1) is 5.82 Å². The Morgan fingerprint density at radius 1 is 1.36 bits per heavy atom. The molecule has 0 saturated heterocycles. The molecule has 0 aliphatic carbocycles. The third kappa shape index (κ3) is 2.88. The molecule has 0 atom stereocenters. The fourth-order valence-corrected chi connectivity index (χ4v) is 1.03. The van der Waals surface area contributed by atoms with Gasteiger partial charge in [0.1, 0.15) is 18.2 Å². The average Bonchev–Trinajstić information content (AvgIpc) is 2.21. The summed E-state index contributed by atoms with van der Waals surface area (Å²) in [5.74, 6) is 0.347. The van der Waals surface area contributed by atoms with E-state index in [9.17, 15) is 4.39 Å². The minimum atomic E-state index is -0.286. The van der Waals surface area contributed by atoms with Crippen LogP contribution in [0.4, 0.5) is 10.1 Å². The van der Waals surface area contributed by atoms with E-state index in [1.54, 1.807) is 26.3 Å². The number of anilines is 1. The van der Waals surface area contributed by atoms with Crippen LogP contribution in [-0.4, -0.2) is 27.4 Å². The second-order valence-corrected chi connectivity index (χ2v) is 2.73. The van der Waals surface area contributed by atoms with Gasteiger partial charge in [-0.05, 0) is 12.1 Å². The Morgan fingerprint density at radius 2 is 2.14 bits per heavy atom. The SMILES string of the molecule is CNc1cc(OCCOC)ccc1F. The highest BCUT2D eigenvalue weighted by Gasteiger charge is 2.01. The molecule has 0 unspecified atom stereocenters. The second-order valence-electron chi connectivity index (χ2n) is 2.73. The van der Waals surface area contributed by atoms with Crippen LogP contribution < -0.4 is 10.1 Å². The van der Waals surface area contributed by atoms with E-state index >= 15 is 0 Å². The molecule has 0 aliphatic heterocycles. The van der Waals surface area contributed by atoms with Crippen molar-refractivity contribution in [2.45, 2.75) is 0 Å². The molecule has 78 valence electrons. The van der Waals surface area contributed by atoms with Gasteiger partial charge in [0.2, 0.25) is 0 Å². The smallest absolute Gasteiger partial charge is 0.146 e. The maximum atomic E-state index is 13.0. The van der Waals surface area contributed by atoms with Crippen LogP contribution in [0.3, 0.4) is 0 Å². The molecule has 0 radical (unpaired) electrons. The molecule has 1 aromatic carbocycles. The molecule has 0 fully saturated rings. The minimum Gasteiger partial charge on any atom is -0.491 e. The first-order chi connectivity index (χ1) is 6.77. The Labute approximate surface area is 82.8 Å². The topological polar surface area (TPSA) is 30.5 Å². The fraction of sp³-hybridized carbons (Fsp3) is 0.400. The number of methoxy groups -OCH3 is 1. The summed E-state index contributed by atoms with van der Waals surface area (Å²) < 4.78 is 23.2. The lowest BCUT2D eigenvalue weighted by molar-refractivity contribution is 0.146. The number of hydrogen-bond acceptors (Lipinski definition) is 3. The van der Waals surface area contributed by atoms with Crippen molar-refractivity contribution in [1.29, 1.82) is 0 Å². The summed E-state index contributed by atoms with van der Waals surface area (Å²) in [6, 6.07) is 4.57. The molecule has 0 aromatic heterocycles. The number of hydrogen-bond donors (Lipinski definition) is 1. The molecular weight excluding hydrogens is 185 g/mol. The van der Waals surface area contributed by atoms with E-state index in [0.29, 0.717) is 24.7 Å². The van der Waals surface area contributed by atoms with E-state index in [1.807, 2.05) is 0 Å². The number of ether oxygens (including phenoxy) is 2. The Balaban J connectivity index is 2.60.